The van der Waals surface area contributed by atoms with Crippen LogP contribution in [0.2, 0.25) is 0 Å². The first-order valence-corrected chi connectivity index (χ1v) is 4.59. The normalized spacial score (nSPS) is 12.2. The Labute approximate surface area is 93.6 Å². The van der Waals surface area contributed by atoms with Crippen molar-refractivity contribution in [3.05, 3.63) is 31.2 Å². The summed E-state index contributed by atoms with van der Waals surface area (Å²) in [5.41, 5.74) is -3.59. The van der Waals surface area contributed by atoms with E-state index < -0.39 is 33.0 Å². The van der Waals surface area contributed by atoms with Gasteiger partial charge in [-0.3, -0.25) is 4.79 Å². The molecule has 0 spiro atoms. The van der Waals surface area contributed by atoms with Gasteiger partial charge in [0.1, 0.15) is 5.69 Å². The molecule has 1 heterocycles. The summed E-state index contributed by atoms with van der Waals surface area (Å²) >= 11 is 1.23. The van der Waals surface area contributed by atoms with Gasteiger partial charge in [0.15, 0.2) is 5.43 Å². The lowest BCUT2D eigenvalue weighted by atomic mass is 10.2. The van der Waals surface area contributed by atoms with Gasteiger partial charge in [0.05, 0.1) is 9.26 Å². The van der Waals surface area contributed by atoms with Crippen molar-refractivity contribution in [3.63, 3.8) is 0 Å². The first-order valence-electron chi connectivity index (χ1n) is 3.51. The second kappa shape index (κ2) is 4.06. The predicted octanol–water partition coefficient (Wildman–Crippen LogP) is 2.94. The fourth-order valence-corrected chi connectivity index (χ4v) is 1.69. The summed E-state index contributed by atoms with van der Waals surface area (Å²) in [4.78, 5) is 12.7. The largest absolute Gasteiger partial charge is 0.431 e. The molecule has 0 atom stereocenters. The first kappa shape index (κ1) is 12.4. The number of pyridine rings is 1. The molecule has 0 saturated carbocycles. The number of hydrogen-bond donors (Lipinski definition) is 1. The molecule has 0 aliphatic carbocycles. The van der Waals surface area contributed by atoms with E-state index in [-0.39, 0.29) is 6.07 Å². The number of aromatic nitrogens is 1. The molecule has 0 unspecified atom stereocenters. The van der Waals surface area contributed by atoms with Crippen LogP contribution >= 0.6 is 22.6 Å². The molecule has 0 saturated heterocycles. The van der Waals surface area contributed by atoms with Crippen LogP contribution in [-0.4, -0.2) is 4.98 Å². The van der Waals surface area contributed by atoms with Crippen LogP contribution in [0.25, 0.3) is 0 Å². The molecule has 1 N–H and O–H groups in total. The van der Waals surface area contributed by atoms with Crippen LogP contribution in [0, 0.1) is 3.70 Å². The highest BCUT2D eigenvalue weighted by Crippen LogP contribution is 2.28. The van der Waals surface area contributed by atoms with E-state index in [0.29, 0.717) is 0 Å². The zero-order chi connectivity index (χ0) is 11.8. The molecule has 0 aliphatic heterocycles. The van der Waals surface area contributed by atoms with Gasteiger partial charge in [-0.1, -0.05) is 0 Å². The van der Waals surface area contributed by atoms with E-state index in [1.807, 2.05) is 0 Å². The molecule has 0 aliphatic rings. The van der Waals surface area contributed by atoms with Crippen LogP contribution in [0.15, 0.2) is 10.9 Å². The number of nitrogens with one attached hydrogen (secondary N) is 1. The van der Waals surface area contributed by atoms with E-state index in [4.69, 9.17) is 0 Å². The van der Waals surface area contributed by atoms with Gasteiger partial charge in [0.25, 0.3) is 6.43 Å². The summed E-state index contributed by atoms with van der Waals surface area (Å²) < 4.78 is 60.3. The topological polar surface area (TPSA) is 32.9 Å². The van der Waals surface area contributed by atoms with Crippen molar-refractivity contribution >= 4 is 22.6 Å². The zero-order valence-corrected chi connectivity index (χ0v) is 8.99. The van der Waals surface area contributed by atoms with Gasteiger partial charge >= 0.3 is 6.18 Å². The molecule has 0 amide bonds. The monoisotopic (exact) mass is 339 g/mol. The van der Waals surface area contributed by atoms with Crippen molar-refractivity contribution in [2.75, 3.05) is 0 Å². The second-order valence-electron chi connectivity index (χ2n) is 2.57. The summed E-state index contributed by atoms with van der Waals surface area (Å²) in [6, 6.07) is 0.129. The molecule has 8 heteroatoms. The molecule has 1 rings (SSSR count). The first-order chi connectivity index (χ1) is 6.73. The highest BCUT2D eigenvalue weighted by molar-refractivity contribution is 14.1. The van der Waals surface area contributed by atoms with Gasteiger partial charge < -0.3 is 4.98 Å². The van der Waals surface area contributed by atoms with Gasteiger partial charge in [-0.2, -0.15) is 13.2 Å². The lowest BCUT2D eigenvalue weighted by molar-refractivity contribution is -0.141. The maximum atomic E-state index is 12.2. The predicted molar refractivity (Wildman–Crippen MR) is 49.7 cm³/mol. The van der Waals surface area contributed by atoms with Crippen molar-refractivity contribution < 1.29 is 22.0 Å². The fraction of sp³-hybridized carbons (Fsp3) is 0.286. The van der Waals surface area contributed by atoms with E-state index >= 15 is 0 Å². The Hall–Kier alpha value is -0.670. The molecule has 15 heavy (non-hydrogen) atoms. The molecule has 0 radical (unpaired) electrons. The van der Waals surface area contributed by atoms with Crippen molar-refractivity contribution in [2.45, 2.75) is 12.6 Å². The Balaban J connectivity index is 3.39. The number of aromatic amines is 1. The van der Waals surface area contributed by atoms with Crippen LogP contribution in [0.4, 0.5) is 22.0 Å². The van der Waals surface area contributed by atoms with Crippen molar-refractivity contribution in [3.8, 4) is 0 Å². The number of halogens is 6. The minimum Gasteiger partial charge on any atom is -0.346 e. The van der Waals surface area contributed by atoms with E-state index in [9.17, 15) is 26.7 Å². The van der Waals surface area contributed by atoms with Crippen LogP contribution in [0.5, 0.6) is 0 Å². The Morgan fingerprint density at radius 3 is 2.20 bits per heavy atom. The van der Waals surface area contributed by atoms with E-state index in [1.54, 1.807) is 4.98 Å². The maximum Gasteiger partial charge on any atom is 0.431 e. The zero-order valence-electron chi connectivity index (χ0n) is 6.83. The van der Waals surface area contributed by atoms with Crippen LogP contribution < -0.4 is 5.43 Å². The second-order valence-corrected chi connectivity index (χ2v) is 3.65. The summed E-state index contributed by atoms with van der Waals surface area (Å²) in [7, 11) is 0. The molecule has 0 bridgehead atoms. The number of alkyl halides is 5. The number of hydrogen-bond acceptors (Lipinski definition) is 1. The van der Waals surface area contributed by atoms with Crippen molar-refractivity contribution in [1.82, 2.24) is 4.98 Å². The van der Waals surface area contributed by atoms with Crippen molar-refractivity contribution in [2.24, 2.45) is 0 Å². The molecule has 1 aromatic heterocycles. The SMILES string of the molecule is O=c1cc(C(F)(F)F)[nH]c(I)c1C(F)F. The minimum atomic E-state index is -4.75. The Bertz CT molecular complexity index is 424. The number of H-pyrrole nitrogens is 1. The summed E-state index contributed by atoms with van der Waals surface area (Å²) in [6.07, 6.45) is -7.84. The van der Waals surface area contributed by atoms with Gasteiger partial charge in [-0.25, -0.2) is 8.78 Å². The lowest BCUT2D eigenvalue weighted by Crippen LogP contribution is -2.19. The summed E-state index contributed by atoms with van der Waals surface area (Å²) in [5.74, 6) is 0. The van der Waals surface area contributed by atoms with Gasteiger partial charge in [-0.05, 0) is 22.6 Å². The third-order valence-electron chi connectivity index (χ3n) is 1.55. The molecule has 1 aromatic rings. The van der Waals surface area contributed by atoms with Crippen molar-refractivity contribution in [1.29, 1.82) is 0 Å². The quantitative estimate of drug-likeness (QED) is 0.476. The van der Waals surface area contributed by atoms with Crippen LogP contribution in [0.1, 0.15) is 17.7 Å². The average molecular weight is 339 g/mol. The minimum absolute atomic E-state index is 0.129. The Morgan fingerprint density at radius 2 is 1.87 bits per heavy atom. The Kier molecular flexibility index (Phi) is 3.36. The highest BCUT2D eigenvalue weighted by Gasteiger charge is 2.33. The highest BCUT2D eigenvalue weighted by atomic mass is 127. The molecule has 84 valence electrons. The summed E-state index contributed by atoms with van der Waals surface area (Å²) in [6.45, 7) is 0. The molecular formula is C7H3F5INO. The lowest BCUT2D eigenvalue weighted by Gasteiger charge is -2.09. The molecule has 0 fully saturated rings. The molecule has 0 aromatic carbocycles. The van der Waals surface area contributed by atoms with Crippen LogP contribution in [-0.2, 0) is 6.18 Å². The van der Waals surface area contributed by atoms with E-state index in [2.05, 4.69) is 0 Å². The smallest absolute Gasteiger partial charge is 0.346 e. The van der Waals surface area contributed by atoms with Gasteiger partial charge in [-0.15, -0.1) is 0 Å². The van der Waals surface area contributed by atoms with Gasteiger partial charge in [0.2, 0.25) is 0 Å². The van der Waals surface area contributed by atoms with Crippen LogP contribution in [0.3, 0.4) is 0 Å². The molecule has 2 nitrogen and oxygen atoms in total. The third kappa shape index (κ3) is 2.67. The average Bonchev–Trinajstić information content (AvgIpc) is 1.99. The van der Waals surface area contributed by atoms with E-state index in [0.717, 1.165) is 0 Å². The molecular weight excluding hydrogens is 336 g/mol. The fourth-order valence-electron chi connectivity index (χ4n) is 0.895. The van der Waals surface area contributed by atoms with E-state index in [1.165, 1.54) is 22.6 Å². The standard InChI is InChI=1S/C7H3F5INO/c8-5(9)4-2(15)1-3(7(10,11)12)14-6(4)13/h1,5H,(H,14,15). The third-order valence-corrected chi connectivity index (χ3v) is 2.40. The Morgan fingerprint density at radius 1 is 1.33 bits per heavy atom. The maximum absolute atomic E-state index is 12.2. The summed E-state index contributed by atoms with van der Waals surface area (Å²) in [5, 5.41) is 0. The van der Waals surface area contributed by atoms with Gasteiger partial charge in [0, 0.05) is 6.07 Å². The number of rotatable bonds is 1.